The van der Waals surface area contributed by atoms with E-state index in [1.807, 2.05) is 0 Å². The maximum atomic E-state index is 5.59. The van der Waals surface area contributed by atoms with Gasteiger partial charge in [-0.2, -0.15) is 0 Å². The van der Waals surface area contributed by atoms with Crippen LogP contribution in [0.3, 0.4) is 0 Å². The van der Waals surface area contributed by atoms with Gasteiger partial charge in [0.1, 0.15) is 0 Å². The molecule has 0 rings (SSSR count). The van der Waals surface area contributed by atoms with E-state index in [4.69, 9.17) is 5.73 Å². The lowest BCUT2D eigenvalue weighted by atomic mass is 10.3. The Kier molecular flexibility index (Phi) is 9.92. The maximum absolute atomic E-state index is 5.59. The zero-order valence-electron chi connectivity index (χ0n) is 11.5. The molecule has 0 aliphatic carbocycles. The number of hydrogen-bond acceptors (Lipinski definition) is 4. The Hall–Kier alpha value is -0.160. The quantitative estimate of drug-likeness (QED) is 0.425. The highest BCUT2D eigenvalue weighted by Gasteiger charge is 2.08. The average Bonchev–Trinajstić information content (AvgIpc) is 2.27. The van der Waals surface area contributed by atoms with E-state index < -0.39 is 0 Å². The van der Waals surface area contributed by atoms with Gasteiger partial charge in [-0.05, 0) is 59.7 Å². The molecule has 4 heteroatoms. The monoisotopic (exact) mass is 230 g/mol. The van der Waals surface area contributed by atoms with Crippen LogP contribution in [0, 0.1) is 0 Å². The van der Waals surface area contributed by atoms with E-state index >= 15 is 0 Å². The largest absolute Gasteiger partial charge is 0.330 e. The lowest BCUT2D eigenvalue weighted by Crippen LogP contribution is -2.43. The van der Waals surface area contributed by atoms with E-state index in [0.29, 0.717) is 6.17 Å². The van der Waals surface area contributed by atoms with Crippen molar-refractivity contribution in [1.29, 1.82) is 0 Å². The Morgan fingerprint density at radius 2 is 1.81 bits per heavy atom. The Bertz CT molecular complexity index is 146. The van der Waals surface area contributed by atoms with Crippen molar-refractivity contribution < 1.29 is 0 Å². The molecule has 4 nitrogen and oxygen atoms in total. The molecule has 3 N–H and O–H groups in total. The molecule has 98 valence electrons. The number of hydrogen-bond donors (Lipinski definition) is 2. The van der Waals surface area contributed by atoms with E-state index in [2.05, 4.69) is 43.1 Å². The van der Waals surface area contributed by atoms with Crippen LogP contribution in [0.1, 0.15) is 26.7 Å². The second kappa shape index (κ2) is 10.0. The number of nitrogens with two attached hydrogens (primary N) is 1. The van der Waals surface area contributed by atoms with Gasteiger partial charge in [-0.1, -0.05) is 13.8 Å². The van der Waals surface area contributed by atoms with Crippen LogP contribution in [0.5, 0.6) is 0 Å². The summed E-state index contributed by atoms with van der Waals surface area (Å²) in [6.07, 6.45) is 2.64. The molecule has 1 atom stereocenters. The van der Waals surface area contributed by atoms with E-state index in [1.165, 1.54) is 13.0 Å². The molecule has 0 aromatic rings. The second-order valence-corrected chi connectivity index (χ2v) is 4.39. The summed E-state index contributed by atoms with van der Waals surface area (Å²) < 4.78 is 0. The first-order valence-electron chi connectivity index (χ1n) is 6.47. The highest BCUT2D eigenvalue weighted by atomic mass is 15.2. The van der Waals surface area contributed by atoms with E-state index in [0.717, 1.165) is 32.6 Å². The molecule has 0 spiro atoms. The third kappa shape index (κ3) is 7.17. The summed E-state index contributed by atoms with van der Waals surface area (Å²) in [5, 5.41) is 3.54. The summed E-state index contributed by atoms with van der Waals surface area (Å²) in [5.74, 6) is 0. The van der Waals surface area contributed by atoms with E-state index in [1.54, 1.807) is 0 Å². The Morgan fingerprint density at radius 3 is 2.25 bits per heavy atom. The molecular formula is C12H30N4. The van der Waals surface area contributed by atoms with Crippen molar-refractivity contribution >= 4 is 0 Å². The van der Waals surface area contributed by atoms with Gasteiger partial charge in [0.2, 0.25) is 0 Å². The van der Waals surface area contributed by atoms with E-state index in [9.17, 15) is 0 Å². The minimum Gasteiger partial charge on any atom is -0.330 e. The predicted octanol–water partition coefficient (Wildman–Crippen LogP) is 0.544. The van der Waals surface area contributed by atoms with Crippen molar-refractivity contribution in [2.45, 2.75) is 32.9 Å². The van der Waals surface area contributed by atoms with Crippen LogP contribution in [-0.4, -0.2) is 62.8 Å². The molecule has 16 heavy (non-hydrogen) atoms. The first kappa shape index (κ1) is 15.8. The summed E-state index contributed by atoms with van der Waals surface area (Å²) in [7, 11) is 4.19. The van der Waals surface area contributed by atoms with Gasteiger partial charge in [-0.3, -0.25) is 4.90 Å². The van der Waals surface area contributed by atoms with Gasteiger partial charge in [-0.15, -0.1) is 0 Å². The first-order chi connectivity index (χ1) is 7.65. The summed E-state index contributed by atoms with van der Waals surface area (Å²) in [4.78, 5) is 4.65. The molecule has 1 unspecified atom stereocenters. The zero-order valence-corrected chi connectivity index (χ0v) is 11.5. The second-order valence-electron chi connectivity index (χ2n) is 4.39. The lowest BCUT2D eigenvalue weighted by Gasteiger charge is -2.25. The van der Waals surface area contributed by atoms with Crippen molar-refractivity contribution in [2.75, 3.05) is 46.8 Å². The molecule has 0 amide bonds. The smallest absolute Gasteiger partial charge is 0.0604 e. The van der Waals surface area contributed by atoms with Crippen molar-refractivity contribution in [3.05, 3.63) is 0 Å². The third-order valence-corrected chi connectivity index (χ3v) is 2.99. The fourth-order valence-corrected chi connectivity index (χ4v) is 1.81. The van der Waals surface area contributed by atoms with Gasteiger partial charge in [0.25, 0.3) is 0 Å². The van der Waals surface area contributed by atoms with Gasteiger partial charge in [0.15, 0.2) is 0 Å². The number of rotatable bonds is 10. The molecule has 0 fully saturated rings. The van der Waals surface area contributed by atoms with Crippen LogP contribution in [0.15, 0.2) is 0 Å². The Morgan fingerprint density at radius 1 is 1.19 bits per heavy atom. The van der Waals surface area contributed by atoms with Crippen molar-refractivity contribution in [1.82, 2.24) is 15.1 Å². The third-order valence-electron chi connectivity index (χ3n) is 2.99. The van der Waals surface area contributed by atoms with Crippen LogP contribution < -0.4 is 11.1 Å². The van der Waals surface area contributed by atoms with Gasteiger partial charge in [0.05, 0.1) is 6.17 Å². The fourth-order valence-electron chi connectivity index (χ4n) is 1.81. The fraction of sp³-hybridized carbons (Fsp3) is 1.00. The van der Waals surface area contributed by atoms with Gasteiger partial charge in [0, 0.05) is 0 Å². The lowest BCUT2D eigenvalue weighted by molar-refractivity contribution is 0.227. The Labute approximate surface area is 101 Å². The van der Waals surface area contributed by atoms with E-state index in [-0.39, 0.29) is 0 Å². The standard InChI is InChI=1S/C12H30N4/c1-5-16(6-2)11-7-10-14-12(8-9-13)15(3)4/h12,14H,5-11,13H2,1-4H3. The molecule has 0 aromatic carbocycles. The summed E-state index contributed by atoms with van der Waals surface area (Å²) in [5.41, 5.74) is 5.59. The van der Waals surface area contributed by atoms with Crippen molar-refractivity contribution in [3.63, 3.8) is 0 Å². The molecule has 0 heterocycles. The summed E-state index contributed by atoms with van der Waals surface area (Å²) in [6.45, 7) is 9.72. The zero-order chi connectivity index (χ0) is 12.4. The predicted molar refractivity (Wildman–Crippen MR) is 71.6 cm³/mol. The number of nitrogens with one attached hydrogen (secondary N) is 1. The highest BCUT2D eigenvalue weighted by Crippen LogP contribution is 1.95. The molecule has 0 radical (unpaired) electrons. The molecule has 0 aromatic heterocycles. The van der Waals surface area contributed by atoms with Crippen LogP contribution in [0.25, 0.3) is 0 Å². The minimum atomic E-state index is 0.418. The van der Waals surface area contributed by atoms with Gasteiger partial charge < -0.3 is 16.0 Å². The number of nitrogens with zero attached hydrogens (tertiary/aromatic N) is 2. The molecule has 0 saturated carbocycles. The average molecular weight is 230 g/mol. The Balaban J connectivity index is 3.61. The van der Waals surface area contributed by atoms with Crippen LogP contribution in [0.4, 0.5) is 0 Å². The SMILES string of the molecule is CCN(CC)CCCNC(CCN)N(C)C. The van der Waals surface area contributed by atoms with Gasteiger partial charge in [-0.25, -0.2) is 0 Å². The summed E-state index contributed by atoms with van der Waals surface area (Å²) in [6, 6.07) is 0. The van der Waals surface area contributed by atoms with Crippen molar-refractivity contribution in [3.8, 4) is 0 Å². The molecular weight excluding hydrogens is 200 g/mol. The topological polar surface area (TPSA) is 44.5 Å². The van der Waals surface area contributed by atoms with Crippen LogP contribution >= 0.6 is 0 Å². The van der Waals surface area contributed by atoms with Crippen molar-refractivity contribution in [2.24, 2.45) is 5.73 Å². The first-order valence-corrected chi connectivity index (χ1v) is 6.47. The molecule has 0 bridgehead atoms. The highest BCUT2D eigenvalue weighted by molar-refractivity contribution is 4.65. The van der Waals surface area contributed by atoms with Crippen LogP contribution in [-0.2, 0) is 0 Å². The molecule has 0 aliphatic heterocycles. The van der Waals surface area contributed by atoms with Gasteiger partial charge >= 0.3 is 0 Å². The normalized spacial score (nSPS) is 13.7. The minimum absolute atomic E-state index is 0.418. The molecule has 0 saturated heterocycles. The van der Waals surface area contributed by atoms with Crippen LogP contribution in [0.2, 0.25) is 0 Å². The molecule has 0 aliphatic rings. The maximum Gasteiger partial charge on any atom is 0.0604 e. The summed E-state index contributed by atoms with van der Waals surface area (Å²) >= 11 is 0.